The molecule has 22 heavy (non-hydrogen) atoms. The van der Waals surface area contributed by atoms with Gasteiger partial charge in [-0.1, -0.05) is 16.8 Å². The van der Waals surface area contributed by atoms with Crippen LogP contribution in [0.4, 0.5) is 0 Å². The van der Waals surface area contributed by atoms with Gasteiger partial charge < -0.3 is 4.52 Å². The molecule has 3 aromatic heterocycles. The highest BCUT2D eigenvalue weighted by Crippen LogP contribution is 2.37. The summed E-state index contributed by atoms with van der Waals surface area (Å²) in [5.41, 5.74) is 3.30. The smallest absolute Gasteiger partial charge is 0.195 e. The number of halogens is 1. The molecule has 4 heterocycles. The van der Waals surface area contributed by atoms with Gasteiger partial charge in [-0.25, -0.2) is 4.98 Å². The molecule has 1 aliphatic rings. The van der Waals surface area contributed by atoms with Gasteiger partial charge in [-0.3, -0.25) is 9.30 Å². The summed E-state index contributed by atoms with van der Waals surface area (Å²) in [7, 11) is 0. The predicted molar refractivity (Wildman–Crippen MR) is 86.4 cm³/mol. The molecule has 0 aliphatic carbocycles. The van der Waals surface area contributed by atoms with Crippen LogP contribution in [-0.4, -0.2) is 26.0 Å². The summed E-state index contributed by atoms with van der Waals surface area (Å²) < 4.78 is 7.45. The number of hydrogen-bond acceptors (Lipinski definition) is 5. The van der Waals surface area contributed by atoms with Crippen molar-refractivity contribution in [1.29, 1.82) is 0 Å². The summed E-state index contributed by atoms with van der Waals surface area (Å²) in [6.45, 7) is 5.87. The highest BCUT2D eigenvalue weighted by Gasteiger charge is 2.31. The van der Waals surface area contributed by atoms with E-state index in [0.717, 1.165) is 41.6 Å². The van der Waals surface area contributed by atoms with E-state index in [0.29, 0.717) is 11.2 Å². The number of rotatable bonds is 3. The van der Waals surface area contributed by atoms with Crippen molar-refractivity contribution >= 4 is 27.9 Å². The molecule has 1 aliphatic heterocycles. The summed E-state index contributed by atoms with van der Waals surface area (Å²) in [6.07, 6.45) is 4.35. The van der Waals surface area contributed by atoms with Gasteiger partial charge in [-0.2, -0.15) is 0 Å². The zero-order valence-electron chi connectivity index (χ0n) is 12.5. The Kier molecular flexibility index (Phi) is 3.47. The second-order valence-electron chi connectivity index (χ2n) is 5.77. The molecule has 0 saturated carbocycles. The Morgan fingerprint density at radius 3 is 3.09 bits per heavy atom. The Labute approximate surface area is 137 Å². The Balaban J connectivity index is 1.67. The van der Waals surface area contributed by atoms with E-state index in [1.54, 1.807) is 11.3 Å². The number of imidazole rings is 1. The van der Waals surface area contributed by atoms with Crippen molar-refractivity contribution in [3.05, 3.63) is 39.4 Å². The third-order valence-corrected chi connectivity index (χ3v) is 5.51. The minimum absolute atomic E-state index is 0.353. The number of aromatic nitrogens is 3. The van der Waals surface area contributed by atoms with Crippen LogP contribution in [0.1, 0.15) is 41.6 Å². The summed E-state index contributed by atoms with van der Waals surface area (Å²) in [5, 5.41) is 6.76. The molecule has 0 amide bonds. The zero-order valence-corrected chi connectivity index (χ0v) is 14.1. The van der Waals surface area contributed by atoms with Gasteiger partial charge in [0.2, 0.25) is 0 Å². The van der Waals surface area contributed by atoms with Crippen LogP contribution in [-0.2, 0) is 6.54 Å². The molecule has 0 aromatic carbocycles. The van der Waals surface area contributed by atoms with E-state index in [4.69, 9.17) is 16.1 Å². The molecule has 4 rings (SSSR count). The maximum Gasteiger partial charge on any atom is 0.195 e. The van der Waals surface area contributed by atoms with Crippen molar-refractivity contribution in [2.24, 2.45) is 0 Å². The second-order valence-corrected chi connectivity index (χ2v) is 7.00. The fourth-order valence-electron chi connectivity index (χ4n) is 3.45. The molecule has 5 nitrogen and oxygen atoms in total. The fraction of sp³-hybridized carbons (Fsp3) is 0.467. The lowest BCUT2D eigenvalue weighted by Crippen LogP contribution is -2.24. The highest BCUT2D eigenvalue weighted by molar-refractivity contribution is 7.15. The lowest BCUT2D eigenvalue weighted by atomic mass is 10.0. The van der Waals surface area contributed by atoms with Crippen molar-refractivity contribution in [2.45, 2.75) is 39.3 Å². The maximum atomic E-state index is 6.34. The van der Waals surface area contributed by atoms with Crippen LogP contribution in [0.25, 0.3) is 4.96 Å². The number of fused-ring (bicyclic) bond motifs is 1. The van der Waals surface area contributed by atoms with Gasteiger partial charge >= 0.3 is 0 Å². The number of aryl methyl sites for hydroxylation is 2. The summed E-state index contributed by atoms with van der Waals surface area (Å²) in [5.74, 6) is 0.925. The van der Waals surface area contributed by atoms with E-state index in [9.17, 15) is 0 Å². The Morgan fingerprint density at radius 1 is 1.45 bits per heavy atom. The van der Waals surface area contributed by atoms with Crippen LogP contribution in [0.15, 0.2) is 16.1 Å². The lowest BCUT2D eigenvalue weighted by molar-refractivity contribution is 0.242. The first-order chi connectivity index (χ1) is 10.6. The Morgan fingerprint density at radius 2 is 2.32 bits per heavy atom. The topological polar surface area (TPSA) is 46.6 Å². The predicted octanol–water partition coefficient (Wildman–Crippen LogP) is 3.99. The van der Waals surface area contributed by atoms with Crippen LogP contribution >= 0.6 is 22.9 Å². The first kappa shape index (κ1) is 14.2. The van der Waals surface area contributed by atoms with Crippen molar-refractivity contribution in [1.82, 2.24) is 19.4 Å². The van der Waals surface area contributed by atoms with Gasteiger partial charge in [-0.15, -0.1) is 11.3 Å². The minimum atomic E-state index is 0.353. The largest absolute Gasteiger partial charge is 0.361 e. The minimum Gasteiger partial charge on any atom is -0.361 e. The molecule has 0 radical (unpaired) electrons. The number of nitrogens with zero attached hydrogens (tertiary/aromatic N) is 4. The normalized spacial score (nSPS) is 19.5. The maximum absolute atomic E-state index is 6.34. The summed E-state index contributed by atoms with van der Waals surface area (Å²) >= 11 is 7.95. The summed E-state index contributed by atoms with van der Waals surface area (Å²) in [6, 6.07) is 0.353. The Hall–Kier alpha value is -1.37. The van der Waals surface area contributed by atoms with Crippen molar-refractivity contribution in [3.8, 4) is 0 Å². The van der Waals surface area contributed by atoms with E-state index in [1.807, 2.05) is 25.4 Å². The van der Waals surface area contributed by atoms with Gasteiger partial charge in [0.1, 0.15) is 5.76 Å². The molecular weight excluding hydrogens is 320 g/mol. The molecule has 3 aromatic rings. The SMILES string of the molecule is Cc1noc(C)c1[C@@H]1CCCN1Cc1c(Cl)nc2sccn12. The third-order valence-electron chi connectivity index (χ3n) is 4.45. The van der Waals surface area contributed by atoms with Gasteiger partial charge in [-0.05, 0) is 33.2 Å². The third kappa shape index (κ3) is 2.17. The van der Waals surface area contributed by atoms with Gasteiger partial charge in [0.05, 0.1) is 11.4 Å². The average Bonchev–Trinajstić information content (AvgIpc) is 3.21. The van der Waals surface area contributed by atoms with E-state index >= 15 is 0 Å². The molecule has 0 N–H and O–H groups in total. The quantitative estimate of drug-likeness (QED) is 0.725. The number of hydrogen-bond donors (Lipinski definition) is 0. The molecule has 116 valence electrons. The summed E-state index contributed by atoms with van der Waals surface area (Å²) in [4.78, 5) is 7.84. The molecule has 0 spiro atoms. The molecule has 0 bridgehead atoms. The van der Waals surface area contributed by atoms with Crippen LogP contribution < -0.4 is 0 Å². The first-order valence-electron chi connectivity index (χ1n) is 7.42. The van der Waals surface area contributed by atoms with Crippen LogP contribution in [0.5, 0.6) is 0 Å². The van der Waals surface area contributed by atoms with E-state index in [-0.39, 0.29) is 0 Å². The van der Waals surface area contributed by atoms with Gasteiger partial charge in [0, 0.05) is 29.7 Å². The van der Waals surface area contributed by atoms with E-state index in [2.05, 4.69) is 19.4 Å². The van der Waals surface area contributed by atoms with Crippen LogP contribution in [0.2, 0.25) is 5.15 Å². The molecule has 1 atom stereocenters. The molecular formula is C15H17ClN4OS. The highest BCUT2D eigenvalue weighted by atomic mass is 35.5. The molecule has 1 saturated heterocycles. The Bertz CT molecular complexity index is 801. The van der Waals surface area contributed by atoms with Crippen molar-refractivity contribution in [3.63, 3.8) is 0 Å². The van der Waals surface area contributed by atoms with Gasteiger partial charge in [0.15, 0.2) is 10.1 Å². The van der Waals surface area contributed by atoms with Crippen LogP contribution in [0.3, 0.4) is 0 Å². The fourth-order valence-corrected chi connectivity index (χ4v) is 4.46. The number of thiazole rings is 1. The standard InChI is InChI=1S/C15H17ClN4OS/c1-9-13(10(2)21-18-9)11-4-3-5-19(11)8-12-14(16)17-15-20(12)6-7-22-15/h6-7,11H,3-5,8H2,1-2H3/t11-/m0/s1. The average molecular weight is 337 g/mol. The zero-order chi connectivity index (χ0) is 15.3. The molecule has 1 fully saturated rings. The lowest BCUT2D eigenvalue weighted by Gasteiger charge is -2.24. The molecule has 7 heteroatoms. The van der Waals surface area contributed by atoms with E-state index < -0.39 is 0 Å². The van der Waals surface area contributed by atoms with Crippen LogP contribution in [0, 0.1) is 13.8 Å². The number of likely N-dealkylation sites (tertiary alicyclic amines) is 1. The second kappa shape index (κ2) is 5.37. The monoisotopic (exact) mass is 336 g/mol. The first-order valence-corrected chi connectivity index (χ1v) is 8.67. The van der Waals surface area contributed by atoms with Crippen molar-refractivity contribution < 1.29 is 4.52 Å². The molecule has 0 unspecified atom stereocenters. The van der Waals surface area contributed by atoms with E-state index in [1.165, 1.54) is 12.0 Å². The van der Waals surface area contributed by atoms with Gasteiger partial charge in [0.25, 0.3) is 0 Å². The van der Waals surface area contributed by atoms with Crippen molar-refractivity contribution in [2.75, 3.05) is 6.54 Å².